The van der Waals surface area contributed by atoms with Crippen LogP contribution < -0.4 is 0 Å². The number of benzene rings is 4. The number of carbonyl (C=O) groups excluding carboxylic acids is 1. The monoisotopic (exact) mass is 352 g/mol. The molecule has 0 aliphatic rings. The third kappa shape index (κ3) is 3.00. The first kappa shape index (κ1) is 17.0. The SMILES string of the molecule is Cc1cc(C)c(-c2c(C(=O)c3ccccc3)ccc3ccccc23)c(O)c1. The van der Waals surface area contributed by atoms with E-state index in [1.165, 1.54) is 0 Å². The summed E-state index contributed by atoms with van der Waals surface area (Å²) in [6.07, 6.45) is 0. The van der Waals surface area contributed by atoms with E-state index in [0.717, 1.165) is 33.0 Å². The van der Waals surface area contributed by atoms with Gasteiger partial charge in [0.2, 0.25) is 0 Å². The van der Waals surface area contributed by atoms with Gasteiger partial charge in [-0.3, -0.25) is 4.79 Å². The molecule has 1 N–H and O–H groups in total. The second-order valence-corrected chi connectivity index (χ2v) is 6.88. The van der Waals surface area contributed by atoms with Crippen LogP contribution in [0.4, 0.5) is 0 Å². The molecule has 4 aromatic rings. The largest absolute Gasteiger partial charge is 0.507 e. The van der Waals surface area contributed by atoms with Crippen LogP contribution in [0.1, 0.15) is 27.0 Å². The highest BCUT2D eigenvalue weighted by molar-refractivity contribution is 6.17. The van der Waals surface area contributed by atoms with Crippen LogP contribution in [-0.2, 0) is 0 Å². The minimum Gasteiger partial charge on any atom is -0.507 e. The van der Waals surface area contributed by atoms with Gasteiger partial charge in [0.1, 0.15) is 5.75 Å². The van der Waals surface area contributed by atoms with Crippen LogP contribution in [0, 0.1) is 13.8 Å². The van der Waals surface area contributed by atoms with Gasteiger partial charge in [-0.2, -0.15) is 0 Å². The lowest BCUT2D eigenvalue weighted by Crippen LogP contribution is -2.05. The molecule has 0 atom stereocenters. The van der Waals surface area contributed by atoms with E-state index in [9.17, 15) is 9.90 Å². The fraction of sp³-hybridized carbons (Fsp3) is 0.0800. The summed E-state index contributed by atoms with van der Waals surface area (Å²) in [4.78, 5) is 13.3. The Morgan fingerprint density at radius 1 is 0.778 bits per heavy atom. The van der Waals surface area contributed by atoms with E-state index in [0.29, 0.717) is 11.1 Å². The van der Waals surface area contributed by atoms with Gasteiger partial charge in [0, 0.05) is 22.3 Å². The number of fused-ring (bicyclic) bond motifs is 1. The number of carbonyl (C=O) groups is 1. The van der Waals surface area contributed by atoms with Gasteiger partial charge in [0.05, 0.1) is 0 Å². The first-order valence-electron chi connectivity index (χ1n) is 8.98. The minimum atomic E-state index is -0.0456. The van der Waals surface area contributed by atoms with Gasteiger partial charge in [-0.05, 0) is 47.9 Å². The summed E-state index contributed by atoms with van der Waals surface area (Å²) >= 11 is 0. The maximum Gasteiger partial charge on any atom is 0.193 e. The standard InChI is InChI=1S/C25H20O2/c1-16-14-17(2)23(22(26)15-16)24-20-11-7-6-8-18(20)12-13-21(24)25(27)19-9-4-3-5-10-19/h3-15,26H,1-2H3. The van der Waals surface area contributed by atoms with Crippen LogP contribution in [0.15, 0.2) is 78.9 Å². The molecule has 0 saturated heterocycles. The van der Waals surface area contributed by atoms with Crippen LogP contribution >= 0.6 is 0 Å². The van der Waals surface area contributed by atoms with E-state index in [1.54, 1.807) is 6.07 Å². The molecular weight excluding hydrogens is 332 g/mol. The van der Waals surface area contributed by atoms with Gasteiger partial charge >= 0.3 is 0 Å². The fourth-order valence-electron chi connectivity index (χ4n) is 3.75. The summed E-state index contributed by atoms with van der Waals surface area (Å²) in [6.45, 7) is 3.93. The van der Waals surface area contributed by atoms with Crippen LogP contribution in [0.2, 0.25) is 0 Å². The maximum atomic E-state index is 13.3. The summed E-state index contributed by atoms with van der Waals surface area (Å²) in [5.74, 6) is 0.154. The average molecular weight is 352 g/mol. The van der Waals surface area contributed by atoms with Crippen LogP contribution in [0.25, 0.3) is 21.9 Å². The Morgan fingerprint density at radius 2 is 1.48 bits per heavy atom. The highest BCUT2D eigenvalue weighted by atomic mass is 16.3. The third-order valence-corrected chi connectivity index (χ3v) is 4.92. The smallest absolute Gasteiger partial charge is 0.193 e. The van der Waals surface area contributed by atoms with E-state index in [4.69, 9.17) is 0 Å². The summed E-state index contributed by atoms with van der Waals surface area (Å²) < 4.78 is 0. The van der Waals surface area contributed by atoms with E-state index >= 15 is 0 Å². The predicted octanol–water partition coefficient (Wildman–Crippen LogP) is 6.06. The van der Waals surface area contributed by atoms with Crippen molar-refractivity contribution in [1.82, 2.24) is 0 Å². The summed E-state index contributed by atoms with van der Waals surface area (Å²) in [5.41, 5.74) is 4.69. The van der Waals surface area contributed by atoms with E-state index in [-0.39, 0.29) is 11.5 Å². The number of aromatic hydroxyl groups is 1. The molecule has 0 radical (unpaired) electrons. The molecule has 0 aliphatic heterocycles. The van der Waals surface area contributed by atoms with Crippen molar-refractivity contribution >= 4 is 16.6 Å². The Balaban J connectivity index is 2.08. The lowest BCUT2D eigenvalue weighted by molar-refractivity contribution is 0.103. The molecule has 0 unspecified atom stereocenters. The summed E-state index contributed by atoms with van der Waals surface area (Å²) in [6, 6.07) is 24.9. The van der Waals surface area contributed by atoms with Gasteiger partial charge in [-0.25, -0.2) is 0 Å². The van der Waals surface area contributed by atoms with Crippen LogP contribution in [0.5, 0.6) is 5.75 Å². The highest BCUT2D eigenvalue weighted by Crippen LogP contribution is 2.40. The molecule has 0 aromatic heterocycles. The fourth-order valence-corrected chi connectivity index (χ4v) is 3.75. The Hall–Kier alpha value is -3.39. The van der Waals surface area contributed by atoms with Crippen molar-refractivity contribution in [2.75, 3.05) is 0 Å². The van der Waals surface area contributed by atoms with Gasteiger partial charge in [0.25, 0.3) is 0 Å². The second kappa shape index (κ2) is 6.73. The molecule has 0 aliphatic carbocycles. The van der Waals surface area contributed by atoms with E-state index in [1.807, 2.05) is 86.6 Å². The summed E-state index contributed by atoms with van der Waals surface area (Å²) in [5, 5.41) is 12.7. The number of hydrogen-bond donors (Lipinski definition) is 1. The van der Waals surface area contributed by atoms with Gasteiger partial charge < -0.3 is 5.11 Å². The van der Waals surface area contributed by atoms with Crippen molar-refractivity contribution in [3.05, 3.63) is 101 Å². The molecule has 0 bridgehead atoms. The predicted molar refractivity (Wildman–Crippen MR) is 110 cm³/mol. The number of aryl methyl sites for hydroxylation is 2. The normalized spacial score (nSPS) is 10.9. The van der Waals surface area contributed by atoms with Crippen molar-refractivity contribution in [3.8, 4) is 16.9 Å². The molecule has 0 spiro atoms. The van der Waals surface area contributed by atoms with Gasteiger partial charge in [0.15, 0.2) is 5.78 Å². The molecule has 0 fully saturated rings. The Morgan fingerprint density at radius 3 is 2.22 bits per heavy atom. The topological polar surface area (TPSA) is 37.3 Å². The molecular formula is C25H20O2. The van der Waals surface area contributed by atoms with Crippen molar-refractivity contribution in [2.45, 2.75) is 13.8 Å². The van der Waals surface area contributed by atoms with E-state index in [2.05, 4.69) is 0 Å². The molecule has 0 heterocycles. The second-order valence-electron chi connectivity index (χ2n) is 6.88. The number of ketones is 1. The zero-order valence-corrected chi connectivity index (χ0v) is 15.4. The molecule has 27 heavy (non-hydrogen) atoms. The van der Waals surface area contributed by atoms with Crippen molar-refractivity contribution in [1.29, 1.82) is 0 Å². The molecule has 2 heteroatoms. The Kier molecular flexibility index (Phi) is 4.25. The quantitative estimate of drug-likeness (QED) is 0.455. The van der Waals surface area contributed by atoms with Crippen molar-refractivity contribution in [3.63, 3.8) is 0 Å². The van der Waals surface area contributed by atoms with E-state index < -0.39 is 0 Å². The first-order valence-corrected chi connectivity index (χ1v) is 8.98. The number of hydrogen-bond acceptors (Lipinski definition) is 2. The molecule has 4 rings (SSSR count). The average Bonchev–Trinajstić information content (AvgIpc) is 2.67. The maximum absolute atomic E-state index is 13.3. The van der Waals surface area contributed by atoms with Crippen LogP contribution in [0.3, 0.4) is 0 Å². The molecule has 132 valence electrons. The molecule has 0 amide bonds. The lowest BCUT2D eigenvalue weighted by atomic mass is 9.86. The molecule has 4 aromatic carbocycles. The number of rotatable bonds is 3. The Labute approximate surface area is 158 Å². The zero-order chi connectivity index (χ0) is 19.0. The lowest BCUT2D eigenvalue weighted by Gasteiger charge is -2.17. The van der Waals surface area contributed by atoms with Gasteiger partial charge in [-0.15, -0.1) is 0 Å². The molecule has 2 nitrogen and oxygen atoms in total. The van der Waals surface area contributed by atoms with Crippen molar-refractivity contribution < 1.29 is 9.90 Å². The highest BCUT2D eigenvalue weighted by Gasteiger charge is 2.21. The molecule has 0 saturated carbocycles. The Bertz CT molecular complexity index is 1130. The number of phenolic OH excluding ortho intramolecular Hbond substituents is 1. The number of phenols is 1. The van der Waals surface area contributed by atoms with Crippen LogP contribution in [-0.4, -0.2) is 10.9 Å². The third-order valence-electron chi connectivity index (χ3n) is 4.92. The summed E-state index contributed by atoms with van der Waals surface area (Å²) in [7, 11) is 0. The van der Waals surface area contributed by atoms with Gasteiger partial charge in [-0.1, -0.05) is 66.7 Å². The first-order chi connectivity index (χ1) is 13.1. The van der Waals surface area contributed by atoms with Crippen molar-refractivity contribution in [2.24, 2.45) is 0 Å². The minimum absolute atomic E-state index is 0.0456. The zero-order valence-electron chi connectivity index (χ0n) is 15.4.